The van der Waals surface area contributed by atoms with Crippen LogP contribution in [0.4, 0.5) is 0 Å². The van der Waals surface area contributed by atoms with Crippen molar-refractivity contribution in [1.29, 1.82) is 0 Å². The lowest BCUT2D eigenvalue weighted by molar-refractivity contribution is -0.143. The van der Waals surface area contributed by atoms with Gasteiger partial charge in [-0.05, 0) is 42.4 Å². The van der Waals surface area contributed by atoms with Crippen LogP contribution in [0.3, 0.4) is 0 Å². The van der Waals surface area contributed by atoms with E-state index in [1.807, 2.05) is 25.1 Å². The number of carboxylic acid groups (broad SMARTS) is 1. The predicted octanol–water partition coefficient (Wildman–Crippen LogP) is 4.72. The van der Waals surface area contributed by atoms with E-state index in [1.54, 1.807) is 0 Å². The molecule has 0 radical (unpaired) electrons. The van der Waals surface area contributed by atoms with Gasteiger partial charge in [-0.15, -0.1) is 0 Å². The van der Waals surface area contributed by atoms with E-state index in [2.05, 4.69) is 6.07 Å². The zero-order valence-electron chi connectivity index (χ0n) is 11.3. The Balaban J connectivity index is 2.29. The highest BCUT2D eigenvalue weighted by Gasteiger charge is 2.32. The monoisotopic (exact) mass is 280 g/mol. The number of halogens is 1. The minimum Gasteiger partial charge on any atom is -0.481 e. The van der Waals surface area contributed by atoms with Crippen molar-refractivity contribution in [3.05, 3.63) is 34.9 Å². The smallest absolute Gasteiger partial charge is 0.306 e. The summed E-state index contributed by atoms with van der Waals surface area (Å²) in [5.74, 6) is -0.424. The third kappa shape index (κ3) is 3.50. The van der Waals surface area contributed by atoms with E-state index in [0.717, 1.165) is 24.3 Å². The number of carbonyl (C=O) groups is 1. The van der Waals surface area contributed by atoms with Crippen LogP contribution in [0.2, 0.25) is 5.02 Å². The van der Waals surface area contributed by atoms with Crippen LogP contribution in [0.1, 0.15) is 50.5 Å². The molecule has 0 spiro atoms. The second-order valence-corrected chi connectivity index (χ2v) is 6.03. The molecule has 104 valence electrons. The molecule has 2 nitrogen and oxygen atoms in total. The van der Waals surface area contributed by atoms with Crippen LogP contribution < -0.4 is 0 Å². The number of hydrogen-bond acceptors (Lipinski definition) is 1. The first kappa shape index (κ1) is 14.4. The van der Waals surface area contributed by atoms with Crippen molar-refractivity contribution >= 4 is 17.6 Å². The number of carboxylic acids is 1. The molecule has 0 bridgehead atoms. The van der Waals surface area contributed by atoms with E-state index >= 15 is 0 Å². The summed E-state index contributed by atoms with van der Waals surface area (Å²) in [6.07, 6.45) is 5.60. The molecule has 1 saturated carbocycles. The van der Waals surface area contributed by atoms with Gasteiger partial charge in [0.2, 0.25) is 0 Å². The molecule has 0 heterocycles. The molecule has 0 aromatic heterocycles. The van der Waals surface area contributed by atoms with E-state index < -0.39 is 5.97 Å². The van der Waals surface area contributed by atoms with Gasteiger partial charge in [-0.2, -0.15) is 0 Å². The van der Waals surface area contributed by atoms with E-state index in [9.17, 15) is 9.90 Å². The van der Waals surface area contributed by atoms with Crippen LogP contribution in [-0.4, -0.2) is 11.1 Å². The van der Waals surface area contributed by atoms with Gasteiger partial charge in [0.05, 0.1) is 5.92 Å². The summed E-state index contributed by atoms with van der Waals surface area (Å²) in [7, 11) is 0. The number of aliphatic carboxylic acids is 1. The van der Waals surface area contributed by atoms with Crippen molar-refractivity contribution < 1.29 is 9.90 Å². The Morgan fingerprint density at radius 2 is 2.05 bits per heavy atom. The molecular weight excluding hydrogens is 260 g/mol. The van der Waals surface area contributed by atoms with Crippen molar-refractivity contribution in [2.24, 2.45) is 11.8 Å². The topological polar surface area (TPSA) is 37.3 Å². The minimum absolute atomic E-state index is 0.221. The van der Waals surface area contributed by atoms with Crippen molar-refractivity contribution in [3.8, 4) is 0 Å². The lowest BCUT2D eigenvalue weighted by Crippen LogP contribution is -2.25. The van der Waals surface area contributed by atoms with Gasteiger partial charge < -0.3 is 5.11 Å². The molecule has 3 atom stereocenters. The quantitative estimate of drug-likeness (QED) is 0.813. The fourth-order valence-electron chi connectivity index (χ4n) is 3.27. The van der Waals surface area contributed by atoms with E-state index in [4.69, 9.17) is 11.6 Å². The Morgan fingerprint density at radius 1 is 1.32 bits per heavy atom. The highest BCUT2D eigenvalue weighted by atomic mass is 35.5. The predicted molar refractivity (Wildman–Crippen MR) is 77.6 cm³/mol. The lowest BCUT2D eigenvalue weighted by Gasteiger charge is -2.28. The van der Waals surface area contributed by atoms with Crippen molar-refractivity contribution in [2.75, 3.05) is 0 Å². The van der Waals surface area contributed by atoms with Gasteiger partial charge in [-0.1, -0.05) is 49.9 Å². The summed E-state index contributed by atoms with van der Waals surface area (Å²) in [4.78, 5) is 11.3. The molecule has 3 heteroatoms. The Labute approximate surface area is 119 Å². The Morgan fingerprint density at radius 3 is 2.74 bits per heavy atom. The summed E-state index contributed by atoms with van der Waals surface area (Å²) in [5.41, 5.74) is 1.20. The normalized spacial score (nSPS) is 25.6. The molecule has 2 rings (SSSR count). The average Bonchev–Trinajstić information content (AvgIpc) is 2.63. The van der Waals surface area contributed by atoms with Gasteiger partial charge >= 0.3 is 5.97 Å². The molecule has 3 unspecified atom stereocenters. The van der Waals surface area contributed by atoms with Gasteiger partial charge in [-0.3, -0.25) is 4.79 Å². The molecule has 1 aliphatic rings. The maximum atomic E-state index is 11.3. The number of benzene rings is 1. The first-order chi connectivity index (χ1) is 9.09. The van der Waals surface area contributed by atoms with Crippen LogP contribution in [0.5, 0.6) is 0 Å². The van der Waals surface area contributed by atoms with Crippen molar-refractivity contribution in [3.63, 3.8) is 0 Å². The zero-order chi connectivity index (χ0) is 13.8. The summed E-state index contributed by atoms with van der Waals surface area (Å²) < 4.78 is 0. The fourth-order valence-corrected chi connectivity index (χ4v) is 3.47. The van der Waals surface area contributed by atoms with Gasteiger partial charge in [0, 0.05) is 5.02 Å². The van der Waals surface area contributed by atoms with Gasteiger partial charge in [0.15, 0.2) is 0 Å². The van der Waals surface area contributed by atoms with Crippen molar-refractivity contribution in [1.82, 2.24) is 0 Å². The molecule has 1 aliphatic carbocycles. The molecule has 1 fully saturated rings. The molecular formula is C16H21ClO2. The summed E-state index contributed by atoms with van der Waals surface area (Å²) in [6, 6.07) is 7.92. The molecule has 0 saturated heterocycles. The Hall–Kier alpha value is -1.02. The van der Waals surface area contributed by atoms with E-state index in [0.29, 0.717) is 5.92 Å². The molecule has 0 amide bonds. The average molecular weight is 281 g/mol. The van der Waals surface area contributed by atoms with E-state index in [1.165, 1.54) is 18.4 Å². The minimum atomic E-state index is -0.682. The van der Waals surface area contributed by atoms with Crippen molar-refractivity contribution in [2.45, 2.75) is 44.9 Å². The van der Waals surface area contributed by atoms with Gasteiger partial charge in [0.25, 0.3) is 0 Å². The molecule has 1 aromatic rings. The zero-order valence-corrected chi connectivity index (χ0v) is 12.1. The van der Waals surface area contributed by atoms with Crippen LogP contribution in [0.25, 0.3) is 0 Å². The third-order valence-electron chi connectivity index (χ3n) is 4.38. The second-order valence-electron chi connectivity index (χ2n) is 5.59. The second kappa shape index (κ2) is 6.42. The third-order valence-corrected chi connectivity index (χ3v) is 4.61. The summed E-state index contributed by atoms with van der Waals surface area (Å²) >= 11 is 6.08. The van der Waals surface area contributed by atoms with Crippen LogP contribution >= 0.6 is 11.6 Å². The molecule has 1 N–H and O–H groups in total. The molecule has 1 aromatic carbocycles. The fraction of sp³-hybridized carbons (Fsp3) is 0.562. The lowest BCUT2D eigenvalue weighted by atomic mass is 9.76. The highest BCUT2D eigenvalue weighted by Crippen LogP contribution is 2.41. The first-order valence-corrected chi connectivity index (χ1v) is 7.45. The maximum absolute atomic E-state index is 11.3. The first-order valence-electron chi connectivity index (χ1n) is 7.08. The largest absolute Gasteiger partial charge is 0.481 e. The van der Waals surface area contributed by atoms with Crippen LogP contribution in [0.15, 0.2) is 24.3 Å². The molecule has 0 aliphatic heterocycles. The van der Waals surface area contributed by atoms with Gasteiger partial charge in [0.1, 0.15) is 0 Å². The maximum Gasteiger partial charge on any atom is 0.306 e. The SMILES string of the molecule is CC(C(=O)O)C1CCCCCC1c1cccc(Cl)c1. The Kier molecular flexibility index (Phi) is 4.87. The molecule has 19 heavy (non-hydrogen) atoms. The number of hydrogen-bond donors (Lipinski definition) is 1. The number of rotatable bonds is 3. The Bertz CT molecular complexity index is 444. The standard InChI is InChI=1S/C16H21ClO2/c1-11(16(18)19)14-8-3-2-4-9-15(14)12-6-5-7-13(17)10-12/h5-7,10-11,14-15H,2-4,8-9H2,1H3,(H,18,19). The van der Waals surface area contributed by atoms with Crippen LogP contribution in [0, 0.1) is 11.8 Å². The summed E-state index contributed by atoms with van der Waals surface area (Å²) in [5, 5.41) is 10.1. The van der Waals surface area contributed by atoms with Crippen LogP contribution in [-0.2, 0) is 4.79 Å². The van der Waals surface area contributed by atoms with Gasteiger partial charge in [-0.25, -0.2) is 0 Å². The van der Waals surface area contributed by atoms with E-state index in [-0.39, 0.29) is 11.8 Å². The summed E-state index contributed by atoms with van der Waals surface area (Å²) in [6.45, 7) is 1.84. The highest BCUT2D eigenvalue weighted by molar-refractivity contribution is 6.30.